The van der Waals surface area contributed by atoms with E-state index < -0.39 is 40.1 Å². The molecule has 124 valence electrons. The van der Waals surface area contributed by atoms with Crippen LogP contribution in [0.1, 0.15) is 27.6 Å². The summed E-state index contributed by atoms with van der Waals surface area (Å²) >= 11 is 0. The van der Waals surface area contributed by atoms with E-state index in [1.807, 2.05) is 0 Å². The van der Waals surface area contributed by atoms with Gasteiger partial charge in [0.25, 0.3) is 5.91 Å². The van der Waals surface area contributed by atoms with Crippen molar-refractivity contribution in [2.75, 3.05) is 10.6 Å². The molecule has 0 spiro atoms. The number of rotatable bonds is 5. The molecule has 0 radical (unpaired) electrons. The number of Topliss-reactive ketones (excluding diaryl/α,β-unsaturated/α-hetero) is 1. The molecule has 0 aliphatic rings. The van der Waals surface area contributed by atoms with Crippen LogP contribution in [0.2, 0.25) is 0 Å². The second kappa shape index (κ2) is 6.65. The highest BCUT2D eigenvalue weighted by Gasteiger charge is 2.27. The third-order valence-corrected chi connectivity index (χ3v) is 3.01. The lowest BCUT2D eigenvalue weighted by Crippen LogP contribution is -2.18. The Hall–Kier alpha value is -3.62. The Labute approximate surface area is 134 Å². The number of amides is 2. The number of anilines is 2. The Morgan fingerprint density at radius 3 is 2.46 bits per heavy atom. The monoisotopic (exact) mass is 332 g/mol. The molecule has 0 unspecified atom stereocenters. The largest absolute Gasteiger partial charge is 0.506 e. The number of carbonyl (C=O) groups excluding carboxylic acids is 3. The van der Waals surface area contributed by atoms with Crippen molar-refractivity contribution >= 4 is 29.5 Å². The second-order valence-electron chi connectivity index (χ2n) is 4.65. The molecular formula is C15H12N2O7. The van der Waals surface area contributed by atoms with Crippen molar-refractivity contribution in [3.63, 3.8) is 0 Å². The van der Waals surface area contributed by atoms with E-state index in [0.717, 1.165) is 6.92 Å². The van der Waals surface area contributed by atoms with E-state index in [4.69, 9.17) is 0 Å². The Morgan fingerprint density at radius 2 is 1.83 bits per heavy atom. The molecule has 1 aromatic carbocycles. The smallest absolute Gasteiger partial charge is 0.353 e. The van der Waals surface area contributed by atoms with Crippen molar-refractivity contribution in [1.29, 1.82) is 0 Å². The zero-order valence-corrected chi connectivity index (χ0v) is 12.3. The number of aromatic hydroxyl groups is 2. The van der Waals surface area contributed by atoms with Gasteiger partial charge >= 0.3 is 11.6 Å². The van der Waals surface area contributed by atoms with Crippen molar-refractivity contribution in [1.82, 2.24) is 0 Å². The Kier molecular flexibility index (Phi) is 4.64. The number of carbonyl (C=O) groups is 3. The van der Waals surface area contributed by atoms with Gasteiger partial charge in [-0.2, -0.15) is 0 Å². The molecule has 1 heterocycles. The van der Waals surface area contributed by atoms with Crippen LogP contribution >= 0.6 is 0 Å². The maximum atomic E-state index is 12.2. The minimum absolute atomic E-state index is 0.223. The van der Waals surface area contributed by atoms with Gasteiger partial charge < -0.3 is 25.3 Å². The van der Waals surface area contributed by atoms with Crippen LogP contribution in [0.15, 0.2) is 33.5 Å². The fourth-order valence-electron chi connectivity index (χ4n) is 1.98. The summed E-state index contributed by atoms with van der Waals surface area (Å²) in [6.07, 6.45) is 0.448. The molecule has 2 aromatic rings. The molecule has 2 amide bonds. The minimum atomic E-state index is -1.26. The summed E-state index contributed by atoms with van der Waals surface area (Å²) in [7, 11) is 0. The van der Waals surface area contributed by atoms with E-state index >= 15 is 0 Å². The highest BCUT2D eigenvalue weighted by molar-refractivity contribution is 6.10. The third-order valence-electron chi connectivity index (χ3n) is 3.01. The van der Waals surface area contributed by atoms with E-state index in [1.165, 1.54) is 18.2 Å². The predicted octanol–water partition coefficient (Wildman–Crippen LogP) is 1.07. The summed E-state index contributed by atoms with van der Waals surface area (Å²) in [6.45, 7) is 0.999. The Morgan fingerprint density at radius 1 is 1.17 bits per heavy atom. The summed E-state index contributed by atoms with van der Waals surface area (Å²) in [6, 6.07) is 5.99. The van der Waals surface area contributed by atoms with Gasteiger partial charge in [-0.25, -0.2) is 4.79 Å². The number of benzene rings is 1. The second-order valence-corrected chi connectivity index (χ2v) is 4.65. The molecule has 9 nitrogen and oxygen atoms in total. The van der Waals surface area contributed by atoms with E-state index in [9.17, 15) is 29.4 Å². The predicted molar refractivity (Wildman–Crippen MR) is 82.4 cm³/mol. The molecule has 0 aliphatic heterocycles. The zero-order valence-electron chi connectivity index (χ0n) is 12.3. The molecule has 0 atom stereocenters. The molecule has 9 heteroatoms. The average molecular weight is 332 g/mol. The summed E-state index contributed by atoms with van der Waals surface area (Å²) in [4.78, 5) is 45.5. The van der Waals surface area contributed by atoms with Gasteiger partial charge in [-0.1, -0.05) is 6.07 Å². The Balaban J connectivity index is 2.42. The standard InChI is InChI=1S/C15H12N2O7/c1-7(19)10-12(20)11(15(23)24-14(10)22)13(21)17-9-4-2-3-8(5-9)16-6-18/h2-6,20,23H,1H3,(H,16,18)(H,17,21). The minimum Gasteiger partial charge on any atom is -0.506 e. The SMILES string of the molecule is CC(=O)c1c(O)c(C(=O)Nc2cccc(NC=O)c2)c(O)oc1=O. The zero-order chi connectivity index (χ0) is 17.9. The summed E-state index contributed by atoms with van der Waals surface area (Å²) in [5, 5.41) is 24.3. The van der Waals surface area contributed by atoms with Gasteiger partial charge in [-0.15, -0.1) is 0 Å². The molecule has 0 saturated heterocycles. The van der Waals surface area contributed by atoms with Crippen LogP contribution in [0, 0.1) is 0 Å². The van der Waals surface area contributed by atoms with Crippen LogP contribution in [0.5, 0.6) is 11.7 Å². The topological polar surface area (TPSA) is 146 Å². The molecule has 0 aliphatic carbocycles. The maximum Gasteiger partial charge on any atom is 0.353 e. The van der Waals surface area contributed by atoms with Crippen LogP contribution < -0.4 is 16.3 Å². The van der Waals surface area contributed by atoms with Gasteiger partial charge in [0.15, 0.2) is 17.1 Å². The fourth-order valence-corrected chi connectivity index (χ4v) is 1.98. The average Bonchev–Trinajstić information content (AvgIpc) is 2.46. The quantitative estimate of drug-likeness (QED) is 0.473. The molecule has 0 saturated carbocycles. The molecular weight excluding hydrogens is 320 g/mol. The summed E-state index contributed by atoms with van der Waals surface area (Å²) in [5.74, 6) is -3.94. The van der Waals surface area contributed by atoms with E-state index in [-0.39, 0.29) is 5.69 Å². The molecule has 2 rings (SSSR count). The number of nitrogens with one attached hydrogen (secondary N) is 2. The first-order chi connectivity index (χ1) is 11.3. The lowest BCUT2D eigenvalue weighted by molar-refractivity contribution is -0.105. The van der Waals surface area contributed by atoms with E-state index in [2.05, 4.69) is 15.1 Å². The van der Waals surface area contributed by atoms with Crippen LogP contribution in [-0.2, 0) is 4.79 Å². The lowest BCUT2D eigenvalue weighted by atomic mass is 10.1. The van der Waals surface area contributed by atoms with Crippen LogP contribution in [0.25, 0.3) is 0 Å². The first kappa shape index (κ1) is 16.7. The van der Waals surface area contributed by atoms with Crippen molar-refractivity contribution in [2.45, 2.75) is 6.92 Å². The molecule has 4 N–H and O–H groups in total. The van der Waals surface area contributed by atoms with Gasteiger partial charge in [0.2, 0.25) is 6.41 Å². The normalized spacial score (nSPS) is 10.0. The lowest BCUT2D eigenvalue weighted by Gasteiger charge is -2.10. The molecule has 0 bridgehead atoms. The summed E-state index contributed by atoms with van der Waals surface area (Å²) < 4.78 is 4.40. The first-order valence-corrected chi connectivity index (χ1v) is 6.56. The van der Waals surface area contributed by atoms with Crippen molar-refractivity contribution < 1.29 is 29.0 Å². The highest BCUT2D eigenvalue weighted by atomic mass is 16.5. The van der Waals surface area contributed by atoms with Gasteiger partial charge in [0.05, 0.1) is 0 Å². The van der Waals surface area contributed by atoms with Crippen molar-refractivity contribution in [2.24, 2.45) is 0 Å². The number of hydrogen-bond donors (Lipinski definition) is 4. The van der Waals surface area contributed by atoms with Gasteiger partial charge in [-0.05, 0) is 25.1 Å². The Bertz CT molecular complexity index is 886. The summed E-state index contributed by atoms with van der Waals surface area (Å²) in [5.41, 5.74) is -2.14. The van der Waals surface area contributed by atoms with Crippen molar-refractivity contribution in [3.05, 3.63) is 45.8 Å². The van der Waals surface area contributed by atoms with E-state index in [1.54, 1.807) is 6.07 Å². The third kappa shape index (κ3) is 3.24. The maximum absolute atomic E-state index is 12.2. The number of ketones is 1. The van der Waals surface area contributed by atoms with Crippen molar-refractivity contribution in [3.8, 4) is 11.7 Å². The van der Waals surface area contributed by atoms with E-state index in [0.29, 0.717) is 12.1 Å². The number of hydrogen-bond acceptors (Lipinski definition) is 7. The van der Waals surface area contributed by atoms with Gasteiger partial charge in [-0.3, -0.25) is 14.4 Å². The van der Waals surface area contributed by atoms with Crippen LogP contribution in [0.3, 0.4) is 0 Å². The first-order valence-electron chi connectivity index (χ1n) is 6.56. The van der Waals surface area contributed by atoms with Crippen LogP contribution in [0.4, 0.5) is 11.4 Å². The molecule has 24 heavy (non-hydrogen) atoms. The molecule has 0 fully saturated rings. The highest BCUT2D eigenvalue weighted by Crippen LogP contribution is 2.29. The van der Waals surface area contributed by atoms with Gasteiger partial charge in [0.1, 0.15) is 5.56 Å². The van der Waals surface area contributed by atoms with Gasteiger partial charge in [0, 0.05) is 11.4 Å². The molecule has 1 aromatic heterocycles. The van der Waals surface area contributed by atoms with Crippen LogP contribution in [-0.4, -0.2) is 28.3 Å². The fraction of sp³-hybridized carbons (Fsp3) is 0.0667.